The summed E-state index contributed by atoms with van der Waals surface area (Å²) >= 11 is 0. The van der Waals surface area contributed by atoms with Gasteiger partial charge in [0.15, 0.2) is 6.39 Å². The summed E-state index contributed by atoms with van der Waals surface area (Å²) in [5.41, 5.74) is 7.24. The van der Waals surface area contributed by atoms with Crippen LogP contribution in [-0.2, 0) is 12.8 Å². The van der Waals surface area contributed by atoms with Gasteiger partial charge in [-0.05, 0) is 24.1 Å². The average molecular weight is 232 g/mol. The van der Waals surface area contributed by atoms with Crippen molar-refractivity contribution in [2.45, 2.75) is 18.9 Å². The highest BCUT2D eigenvalue weighted by Gasteiger charge is 2.07. The van der Waals surface area contributed by atoms with Crippen LogP contribution in [0.5, 0.6) is 5.75 Å². The molecule has 0 radical (unpaired) electrons. The number of rotatable bonds is 5. The van der Waals surface area contributed by atoms with Gasteiger partial charge < -0.3 is 14.9 Å². The molecular formula is C13H16N2O2. The largest absolute Gasteiger partial charge is 0.497 e. The number of aromatic nitrogens is 1. The smallest absolute Gasteiger partial charge is 0.180 e. The van der Waals surface area contributed by atoms with E-state index in [0.29, 0.717) is 6.42 Å². The molecule has 0 spiro atoms. The molecule has 1 atom stereocenters. The van der Waals surface area contributed by atoms with Crippen LogP contribution in [0.2, 0.25) is 0 Å². The number of nitrogens with two attached hydrogens (primary N) is 1. The predicted molar refractivity (Wildman–Crippen MR) is 64.9 cm³/mol. The molecule has 2 rings (SSSR count). The maximum Gasteiger partial charge on any atom is 0.180 e. The Morgan fingerprint density at radius 1 is 1.29 bits per heavy atom. The molecule has 1 aromatic carbocycles. The van der Waals surface area contributed by atoms with Crippen molar-refractivity contribution in [1.29, 1.82) is 0 Å². The van der Waals surface area contributed by atoms with Crippen molar-refractivity contribution in [1.82, 2.24) is 4.98 Å². The molecule has 0 bridgehead atoms. The second-order valence-corrected chi connectivity index (χ2v) is 3.98. The van der Waals surface area contributed by atoms with Gasteiger partial charge in [0.1, 0.15) is 11.5 Å². The standard InChI is InChI=1S/C13H16N2O2/c1-16-12-4-2-10(3-5-12)6-11(14)7-13-8-15-9-17-13/h2-5,8-9,11H,6-7,14H2,1H3. The normalized spacial score (nSPS) is 12.4. The summed E-state index contributed by atoms with van der Waals surface area (Å²) in [5.74, 6) is 1.68. The Hall–Kier alpha value is -1.81. The molecule has 4 heteroatoms. The number of oxazole rings is 1. The van der Waals surface area contributed by atoms with E-state index in [-0.39, 0.29) is 6.04 Å². The van der Waals surface area contributed by atoms with Gasteiger partial charge in [0, 0.05) is 12.5 Å². The molecule has 17 heavy (non-hydrogen) atoms. The van der Waals surface area contributed by atoms with Gasteiger partial charge in [-0.2, -0.15) is 0 Å². The molecule has 0 amide bonds. The van der Waals surface area contributed by atoms with Crippen molar-refractivity contribution < 1.29 is 9.15 Å². The Bertz CT molecular complexity index is 437. The monoisotopic (exact) mass is 232 g/mol. The lowest BCUT2D eigenvalue weighted by Crippen LogP contribution is -2.25. The van der Waals surface area contributed by atoms with Crippen LogP contribution in [0, 0.1) is 0 Å². The number of benzene rings is 1. The quantitative estimate of drug-likeness (QED) is 0.853. The van der Waals surface area contributed by atoms with Crippen molar-refractivity contribution in [3.05, 3.63) is 48.2 Å². The van der Waals surface area contributed by atoms with Gasteiger partial charge in [-0.25, -0.2) is 4.98 Å². The summed E-state index contributed by atoms with van der Waals surface area (Å²) in [6.45, 7) is 0. The molecule has 1 aromatic heterocycles. The van der Waals surface area contributed by atoms with Crippen LogP contribution < -0.4 is 10.5 Å². The molecule has 2 aromatic rings. The van der Waals surface area contributed by atoms with Crippen molar-refractivity contribution in [2.24, 2.45) is 5.73 Å². The van der Waals surface area contributed by atoms with E-state index in [9.17, 15) is 0 Å². The van der Waals surface area contributed by atoms with E-state index < -0.39 is 0 Å². The average Bonchev–Trinajstić information content (AvgIpc) is 2.82. The number of methoxy groups -OCH3 is 1. The van der Waals surface area contributed by atoms with Crippen LogP contribution in [-0.4, -0.2) is 18.1 Å². The lowest BCUT2D eigenvalue weighted by molar-refractivity contribution is 0.414. The Balaban J connectivity index is 1.91. The second-order valence-electron chi connectivity index (χ2n) is 3.98. The zero-order valence-electron chi connectivity index (χ0n) is 9.80. The van der Waals surface area contributed by atoms with Gasteiger partial charge >= 0.3 is 0 Å². The molecule has 0 saturated heterocycles. The predicted octanol–water partition coefficient (Wildman–Crippen LogP) is 1.80. The first kappa shape index (κ1) is 11.7. The molecule has 90 valence electrons. The van der Waals surface area contributed by atoms with E-state index in [2.05, 4.69) is 4.98 Å². The highest BCUT2D eigenvalue weighted by molar-refractivity contribution is 5.27. The summed E-state index contributed by atoms with van der Waals surface area (Å²) < 4.78 is 10.3. The first-order valence-corrected chi connectivity index (χ1v) is 5.54. The summed E-state index contributed by atoms with van der Waals surface area (Å²) in [5, 5.41) is 0. The maximum absolute atomic E-state index is 6.05. The SMILES string of the molecule is COc1ccc(CC(N)Cc2cnco2)cc1. The van der Waals surface area contributed by atoms with E-state index >= 15 is 0 Å². The summed E-state index contributed by atoms with van der Waals surface area (Å²) in [7, 11) is 1.66. The lowest BCUT2D eigenvalue weighted by Gasteiger charge is -2.10. The van der Waals surface area contributed by atoms with Crippen molar-refractivity contribution in [3.8, 4) is 5.75 Å². The Kier molecular flexibility index (Phi) is 3.77. The Morgan fingerprint density at radius 2 is 2.06 bits per heavy atom. The van der Waals surface area contributed by atoms with Gasteiger partial charge in [0.2, 0.25) is 0 Å². The first-order chi connectivity index (χ1) is 8.28. The van der Waals surface area contributed by atoms with E-state index in [4.69, 9.17) is 14.9 Å². The maximum atomic E-state index is 6.05. The third-order valence-electron chi connectivity index (χ3n) is 2.60. The molecule has 1 heterocycles. The molecule has 2 N–H and O–H groups in total. The third kappa shape index (κ3) is 3.32. The van der Waals surface area contributed by atoms with Gasteiger partial charge in [0.25, 0.3) is 0 Å². The van der Waals surface area contributed by atoms with Crippen molar-refractivity contribution >= 4 is 0 Å². The van der Waals surface area contributed by atoms with Crippen LogP contribution in [0.4, 0.5) is 0 Å². The fourth-order valence-corrected chi connectivity index (χ4v) is 1.74. The van der Waals surface area contributed by atoms with Crippen molar-refractivity contribution in [2.75, 3.05) is 7.11 Å². The number of ether oxygens (including phenoxy) is 1. The van der Waals surface area contributed by atoms with Crippen LogP contribution in [0.25, 0.3) is 0 Å². The minimum Gasteiger partial charge on any atom is -0.497 e. The number of nitrogens with zero attached hydrogens (tertiary/aromatic N) is 1. The fourth-order valence-electron chi connectivity index (χ4n) is 1.74. The summed E-state index contributed by atoms with van der Waals surface area (Å²) in [6, 6.07) is 7.97. The van der Waals surface area contributed by atoms with Crippen molar-refractivity contribution in [3.63, 3.8) is 0 Å². The zero-order valence-corrected chi connectivity index (χ0v) is 9.80. The van der Waals surface area contributed by atoms with E-state index in [0.717, 1.165) is 17.9 Å². The fraction of sp³-hybridized carbons (Fsp3) is 0.308. The minimum absolute atomic E-state index is 0.0383. The topological polar surface area (TPSA) is 61.3 Å². The Labute approximate surface area is 100 Å². The van der Waals surface area contributed by atoms with E-state index in [1.54, 1.807) is 13.3 Å². The van der Waals surface area contributed by atoms with Gasteiger partial charge in [-0.1, -0.05) is 12.1 Å². The molecule has 0 saturated carbocycles. The highest BCUT2D eigenvalue weighted by Crippen LogP contribution is 2.13. The number of hydrogen-bond acceptors (Lipinski definition) is 4. The second kappa shape index (κ2) is 5.50. The molecule has 0 aliphatic rings. The van der Waals surface area contributed by atoms with Crippen LogP contribution >= 0.6 is 0 Å². The van der Waals surface area contributed by atoms with Gasteiger partial charge in [-0.3, -0.25) is 0 Å². The van der Waals surface area contributed by atoms with Gasteiger partial charge in [-0.15, -0.1) is 0 Å². The Morgan fingerprint density at radius 3 is 2.65 bits per heavy atom. The van der Waals surface area contributed by atoms with Crippen LogP contribution in [0.3, 0.4) is 0 Å². The molecule has 0 aliphatic heterocycles. The van der Waals surface area contributed by atoms with E-state index in [1.807, 2.05) is 24.3 Å². The molecule has 0 aliphatic carbocycles. The summed E-state index contributed by atoms with van der Waals surface area (Å²) in [6.07, 6.45) is 4.64. The molecular weight excluding hydrogens is 216 g/mol. The summed E-state index contributed by atoms with van der Waals surface area (Å²) in [4.78, 5) is 3.87. The van der Waals surface area contributed by atoms with Crippen LogP contribution in [0.1, 0.15) is 11.3 Å². The zero-order chi connectivity index (χ0) is 12.1. The van der Waals surface area contributed by atoms with Gasteiger partial charge in [0.05, 0.1) is 13.3 Å². The lowest BCUT2D eigenvalue weighted by atomic mass is 10.0. The minimum atomic E-state index is 0.0383. The van der Waals surface area contributed by atoms with Crippen LogP contribution in [0.15, 0.2) is 41.3 Å². The van der Waals surface area contributed by atoms with E-state index in [1.165, 1.54) is 12.0 Å². The molecule has 4 nitrogen and oxygen atoms in total. The molecule has 1 unspecified atom stereocenters. The number of hydrogen-bond donors (Lipinski definition) is 1. The molecule has 0 fully saturated rings. The third-order valence-corrected chi connectivity index (χ3v) is 2.60. The first-order valence-electron chi connectivity index (χ1n) is 5.54. The highest BCUT2D eigenvalue weighted by atomic mass is 16.5.